The van der Waals surface area contributed by atoms with Gasteiger partial charge in [0.05, 0.1) is 0 Å². The quantitative estimate of drug-likeness (QED) is 0.455. The second-order valence-electron chi connectivity index (χ2n) is 2.80. The molecule has 0 aliphatic carbocycles. The predicted molar refractivity (Wildman–Crippen MR) is 78.8 cm³/mol. The lowest BCUT2D eigenvalue weighted by atomic mass is 10.4. The van der Waals surface area contributed by atoms with E-state index in [1.54, 1.807) is 0 Å². The second-order valence-corrected chi connectivity index (χ2v) is 22.6. The Labute approximate surface area is 121 Å². The zero-order chi connectivity index (χ0) is 11.4. The summed E-state index contributed by atoms with van der Waals surface area (Å²) < 4.78 is 0. The van der Waals surface area contributed by atoms with Crippen LogP contribution in [0.1, 0.15) is 12.8 Å². The van der Waals surface area contributed by atoms with Crippen LogP contribution in [0.15, 0.2) is 0 Å². The highest BCUT2D eigenvalue weighted by molar-refractivity contribution is 7.68. The van der Waals surface area contributed by atoms with E-state index in [-0.39, 0.29) is 5.16 Å². The molecular formula is C4H9Cl7Si3. The fourth-order valence-electron chi connectivity index (χ4n) is 0.925. The number of rotatable bonds is 6. The van der Waals surface area contributed by atoms with Crippen LogP contribution in [0, 0.1) is 0 Å². The fraction of sp³-hybridized carbons (Fsp3) is 1.00. The molecule has 1 unspecified atom stereocenters. The van der Waals surface area contributed by atoms with Crippen molar-refractivity contribution in [3.8, 4) is 0 Å². The Morgan fingerprint density at radius 3 is 1.79 bits per heavy atom. The molecule has 0 amide bonds. The SMILES string of the molecule is Cl[SiH](Cl)CCCC([SiH](Cl)Cl)[Si](Cl)(Cl)Cl. The monoisotopic (exact) mass is 386 g/mol. The zero-order valence-electron chi connectivity index (χ0n) is 7.00. The lowest BCUT2D eigenvalue weighted by Gasteiger charge is -2.21. The highest BCUT2D eigenvalue weighted by atomic mass is 35.8. The van der Waals surface area contributed by atoms with Crippen LogP contribution >= 0.6 is 77.6 Å². The van der Waals surface area contributed by atoms with Crippen molar-refractivity contribution in [1.82, 2.24) is 0 Å². The molecule has 0 radical (unpaired) electrons. The number of hydrogen-bond acceptors (Lipinski definition) is 0. The summed E-state index contributed by atoms with van der Waals surface area (Å²) in [4.78, 5) is 0. The lowest BCUT2D eigenvalue weighted by molar-refractivity contribution is 0.840. The summed E-state index contributed by atoms with van der Waals surface area (Å²) in [5.74, 6) is 0. The summed E-state index contributed by atoms with van der Waals surface area (Å²) >= 11 is 40.9. The van der Waals surface area contributed by atoms with Crippen LogP contribution in [0.2, 0.25) is 11.2 Å². The largest absolute Gasteiger partial charge is 0.343 e. The Kier molecular flexibility index (Phi) is 9.41. The zero-order valence-corrected chi connectivity index (χ0v) is 15.6. The van der Waals surface area contributed by atoms with Crippen molar-refractivity contribution >= 4 is 98.4 Å². The van der Waals surface area contributed by atoms with E-state index in [9.17, 15) is 0 Å². The lowest BCUT2D eigenvalue weighted by Crippen LogP contribution is -2.27. The van der Waals surface area contributed by atoms with Crippen LogP contribution in [0.3, 0.4) is 0 Å². The molecule has 0 rings (SSSR count). The van der Waals surface area contributed by atoms with Gasteiger partial charge in [-0.15, -0.1) is 33.2 Å². The first kappa shape index (κ1) is 16.7. The molecule has 1 atom stereocenters. The minimum Gasteiger partial charge on any atom is -0.150 e. The molecule has 86 valence electrons. The van der Waals surface area contributed by atoms with Gasteiger partial charge in [0.2, 0.25) is 14.8 Å². The molecule has 0 heterocycles. The summed E-state index contributed by atoms with van der Waals surface area (Å²) in [6.07, 6.45) is 1.58. The average Bonchev–Trinajstić information content (AvgIpc) is 1.94. The first-order valence-electron chi connectivity index (χ1n) is 3.88. The van der Waals surface area contributed by atoms with Crippen LogP contribution in [-0.2, 0) is 0 Å². The molecule has 14 heavy (non-hydrogen) atoms. The molecule has 0 aliphatic rings. The van der Waals surface area contributed by atoms with Crippen LogP contribution in [0.25, 0.3) is 0 Å². The minimum absolute atomic E-state index is 0.114. The molecule has 0 aliphatic heterocycles. The van der Waals surface area contributed by atoms with Crippen molar-refractivity contribution in [3.63, 3.8) is 0 Å². The third-order valence-corrected chi connectivity index (χ3v) is 15.9. The van der Waals surface area contributed by atoms with Gasteiger partial charge in [0.1, 0.15) is 0 Å². The van der Waals surface area contributed by atoms with Crippen molar-refractivity contribution < 1.29 is 0 Å². The van der Waals surface area contributed by atoms with Crippen LogP contribution in [0.5, 0.6) is 0 Å². The van der Waals surface area contributed by atoms with Gasteiger partial charge in [-0.1, -0.05) is 12.8 Å². The Balaban J connectivity index is 4.00. The van der Waals surface area contributed by atoms with E-state index in [0.717, 1.165) is 18.9 Å². The summed E-state index contributed by atoms with van der Waals surface area (Å²) in [5, 5.41) is -0.114. The first-order chi connectivity index (χ1) is 6.25. The normalized spacial score (nSPS) is 15.2. The van der Waals surface area contributed by atoms with Crippen molar-refractivity contribution in [2.24, 2.45) is 0 Å². The van der Waals surface area contributed by atoms with Gasteiger partial charge in [-0.2, -0.15) is 44.3 Å². The Bertz CT molecular complexity index is 158. The van der Waals surface area contributed by atoms with E-state index in [1.165, 1.54) is 0 Å². The fourth-order valence-corrected chi connectivity index (χ4v) is 16.6. The van der Waals surface area contributed by atoms with E-state index >= 15 is 0 Å². The molecule has 0 aromatic carbocycles. The van der Waals surface area contributed by atoms with Gasteiger partial charge in [-0.25, -0.2) is 0 Å². The predicted octanol–water partition coefficient (Wildman–Crippen LogP) is 4.73. The summed E-state index contributed by atoms with van der Waals surface area (Å²) in [6, 6.07) is -1.97. The molecule has 0 aromatic rings. The van der Waals surface area contributed by atoms with Gasteiger partial charge < -0.3 is 0 Å². The van der Waals surface area contributed by atoms with Crippen LogP contribution in [-0.4, -0.2) is 20.8 Å². The first-order valence-corrected chi connectivity index (χ1v) is 17.5. The van der Waals surface area contributed by atoms with Gasteiger partial charge in [0.15, 0.2) is 0 Å². The van der Waals surface area contributed by atoms with Crippen LogP contribution in [0.4, 0.5) is 0 Å². The topological polar surface area (TPSA) is 0 Å². The standard InChI is InChI=1S/C4H9Cl7Si3/c5-12(6)3-1-2-4(13(7)8)14(9,10)11/h4,12-13H,1-3H2. The highest BCUT2D eigenvalue weighted by Crippen LogP contribution is 2.41. The van der Waals surface area contributed by atoms with Crippen LogP contribution < -0.4 is 0 Å². The summed E-state index contributed by atoms with van der Waals surface area (Å²) in [6.45, 7) is 0. The van der Waals surface area contributed by atoms with Gasteiger partial charge >= 0.3 is 6.00 Å². The van der Waals surface area contributed by atoms with Crippen molar-refractivity contribution in [2.45, 2.75) is 24.1 Å². The van der Waals surface area contributed by atoms with E-state index < -0.39 is 20.8 Å². The van der Waals surface area contributed by atoms with Crippen molar-refractivity contribution in [2.75, 3.05) is 0 Å². The van der Waals surface area contributed by atoms with E-state index in [4.69, 9.17) is 77.6 Å². The van der Waals surface area contributed by atoms with Gasteiger partial charge in [0, 0.05) is 5.16 Å². The van der Waals surface area contributed by atoms with Gasteiger partial charge in [0.25, 0.3) is 0 Å². The van der Waals surface area contributed by atoms with Crippen molar-refractivity contribution in [3.05, 3.63) is 0 Å². The molecule has 0 saturated carbocycles. The highest BCUT2D eigenvalue weighted by Gasteiger charge is 2.41. The Morgan fingerprint density at radius 2 is 1.50 bits per heavy atom. The molecule has 0 spiro atoms. The molecule has 0 N–H and O–H groups in total. The van der Waals surface area contributed by atoms with E-state index in [1.807, 2.05) is 0 Å². The Morgan fingerprint density at radius 1 is 1.00 bits per heavy atom. The summed E-state index contributed by atoms with van der Waals surface area (Å²) in [5.41, 5.74) is 0. The molecule has 0 saturated heterocycles. The minimum atomic E-state index is -2.78. The smallest absolute Gasteiger partial charge is 0.150 e. The molecule has 0 fully saturated rings. The second kappa shape index (κ2) is 7.90. The summed E-state index contributed by atoms with van der Waals surface area (Å²) in [7, 11) is -3.49. The average molecular weight is 390 g/mol. The maximum absolute atomic E-state index is 5.89. The molecule has 0 aromatic heterocycles. The third-order valence-electron chi connectivity index (χ3n) is 1.66. The van der Waals surface area contributed by atoms with Gasteiger partial charge in [-0.05, 0) is 6.04 Å². The number of halogens is 7. The van der Waals surface area contributed by atoms with Crippen molar-refractivity contribution in [1.29, 1.82) is 0 Å². The third kappa shape index (κ3) is 7.87. The molecule has 0 nitrogen and oxygen atoms in total. The maximum atomic E-state index is 5.89. The van der Waals surface area contributed by atoms with Gasteiger partial charge in [-0.3, -0.25) is 0 Å². The molecule has 0 bridgehead atoms. The molecule has 10 heteroatoms. The van der Waals surface area contributed by atoms with E-state index in [0.29, 0.717) is 0 Å². The Hall–Kier alpha value is 2.68. The van der Waals surface area contributed by atoms with E-state index in [2.05, 4.69) is 0 Å². The maximum Gasteiger partial charge on any atom is 0.343 e. The number of hydrogen-bond donors (Lipinski definition) is 0. The molecular weight excluding hydrogens is 380 g/mol.